The van der Waals surface area contributed by atoms with Crippen molar-refractivity contribution >= 4 is 22.1 Å². The predicted molar refractivity (Wildman–Crippen MR) is 140 cm³/mol. The van der Waals surface area contributed by atoms with E-state index >= 15 is 0 Å². The molecule has 4 aromatic carbocycles. The van der Waals surface area contributed by atoms with Crippen LogP contribution in [0.2, 0.25) is 0 Å². The molecular weight excluding hydrogens is 422 g/mol. The maximum Gasteiger partial charge on any atom is 0.196 e. The van der Waals surface area contributed by atoms with Gasteiger partial charge in [-0.05, 0) is 29.2 Å². The van der Waals surface area contributed by atoms with Crippen LogP contribution in [0.5, 0.6) is 0 Å². The molecule has 0 amide bonds. The highest BCUT2D eigenvalue weighted by Gasteiger charge is 2.25. The molecule has 0 saturated carbocycles. The molecule has 2 nitrogen and oxygen atoms in total. The van der Waals surface area contributed by atoms with Crippen molar-refractivity contribution in [3.8, 4) is 32.7 Å². The average molecular weight is 446 g/mol. The number of hydrogen-bond donors (Lipinski definition) is 1. The lowest BCUT2D eigenvalue weighted by Crippen LogP contribution is -2.05. The summed E-state index contributed by atoms with van der Waals surface area (Å²) in [4.78, 5) is 14.8. The first kappa shape index (κ1) is 20.9. The number of anilines is 1. The number of ketones is 1. The number of rotatable bonds is 5. The molecule has 160 valence electrons. The summed E-state index contributed by atoms with van der Waals surface area (Å²) in [5, 5.41) is 0.543. The molecule has 0 aliphatic heterocycles. The summed E-state index contributed by atoms with van der Waals surface area (Å²) in [5.41, 5.74) is 14.0. The predicted octanol–water partition coefficient (Wildman–Crippen LogP) is 7.87. The number of aryl methyl sites for hydroxylation is 1. The summed E-state index contributed by atoms with van der Waals surface area (Å²) in [6.45, 7) is 2.06. The first-order valence-corrected chi connectivity index (χ1v) is 11.7. The number of benzene rings is 4. The van der Waals surface area contributed by atoms with E-state index in [1.165, 1.54) is 16.9 Å². The highest BCUT2D eigenvalue weighted by Crippen LogP contribution is 2.45. The third-order valence-corrected chi connectivity index (χ3v) is 6.86. The Morgan fingerprint density at radius 1 is 0.636 bits per heavy atom. The van der Waals surface area contributed by atoms with Gasteiger partial charge in [0.25, 0.3) is 0 Å². The molecule has 0 aliphatic rings. The van der Waals surface area contributed by atoms with Gasteiger partial charge in [-0.2, -0.15) is 0 Å². The first-order chi connectivity index (χ1) is 16.1. The molecule has 0 spiro atoms. The summed E-state index contributed by atoms with van der Waals surface area (Å²) < 4.78 is 0. The lowest BCUT2D eigenvalue weighted by atomic mass is 9.92. The molecule has 0 bridgehead atoms. The highest BCUT2D eigenvalue weighted by molar-refractivity contribution is 7.20. The minimum absolute atomic E-state index is 0.0545. The fourth-order valence-electron chi connectivity index (χ4n) is 4.05. The Labute approximate surface area is 198 Å². The lowest BCUT2D eigenvalue weighted by Gasteiger charge is -2.10. The van der Waals surface area contributed by atoms with Crippen LogP contribution >= 0.6 is 11.3 Å². The number of hydrogen-bond acceptors (Lipinski definition) is 3. The second-order valence-corrected chi connectivity index (χ2v) is 9.10. The molecular formula is C30H23NOS. The van der Waals surface area contributed by atoms with Crippen LogP contribution < -0.4 is 5.73 Å². The first-order valence-electron chi connectivity index (χ1n) is 10.9. The highest BCUT2D eigenvalue weighted by atomic mass is 32.1. The topological polar surface area (TPSA) is 43.1 Å². The third-order valence-electron chi connectivity index (χ3n) is 5.79. The van der Waals surface area contributed by atoms with Crippen LogP contribution in [0.3, 0.4) is 0 Å². The molecule has 33 heavy (non-hydrogen) atoms. The van der Waals surface area contributed by atoms with Crippen LogP contribution in [-0.2, 0) is 0 Å². The molecule has 1 aromatic heterocycles. The third kappa shape index (κ3) is 4.11. The van der Waals surface area contributed by atoms with Crippen molar-refractivity contribution in [3.05, 3.63) is 126 Å². The van der Waals surface area contributed by atoms with Gasteiger partial charge in [0, 0.05) is 16.0 Å². The van der Waals surface area contributed by atoms with Crippen molar-refractivity contribution in [1.82, 2.24) is 0 Å². The number of nitrogen functional groups attached to an aromatic ring is 1. The summed E-state index contributed by atoms with van der Waals surface area (Å²) in [5.74, 6) is -0.0545. The van der Waals surface area contributed by atoms with E-state index in [0.717, 1.165) is 32.7 Å². The van der Waals surface area contributed by atoms with Crippen LogP contribution in [0.15, 0.2) is 109 Å². The van der Waals surface area contributed by atoms with E-state index in [1.807, 2.05) is 60.7 Å². The quantitative estimate of drug-likeness (QED) is 0.280. The fraction of sp³-hybridized carbons (Fsp3) is 0.0333. The van der Waals surface area contributed by atoms with E-state index in [1.54, 1.807) is 0 Å². The van der Waals surface area contributed by atoms with Gasteiger partial charge >= 0.3 is 0 Å². The van der Waals surface area contributed by atoms with Crippen molar-refractivity contribution in [3.63, 3.8) is 0 Å². The van der Waals surface area contributed by atoms with Gasteiger partial charge < -0.3 is 5.73 Å². The van der Waals surface area contributed by atoms with Gasteiger partial charge in [-0.25, -0.2) is 0 Å². The van der Waals surface area contributed by atoms with Crippen LogP contribution in [0.25, 0.3) is 32.7 Å². The zero-order valence-electron chi connectivity index (χ0n) is 18.3. The van der Waals surface area contributed by atoms with Gasteiger partial charge in [0.15, 0.2) is 5.78 Å². The van der Waals surface area contributed by atoms with Crippen LogP contribution in [-0.4, -0.2) is 5.78 Å². The van der Waals surface area contributed by atoms with Crippen molar-refractivity contribution in [1.29, 1.82) is 0 Å². The standard InChI is InChI=1S/C30H23NOS/c1-20-12-14-23(15-13-20)26-27(30(31)33-29(26)25-10-6-3-7-11-25)28(32)24-18-16-22(17-19-24)21-8-4-2-5-9-21/h2-19H,31H2,1H3. The van der Waals surface area contributed by atoms with E-state index in [0.29, 0.717) is 16.1 Å². The van der Waals surface area contributed by atoms with E-state index in [9.17, 15) is 4.79 Å². The van der Waals surface area contributed by atoms with Gasteiger partial charge in [0.05, 0.1) is 10.6 Å². The van der Waals surface area contributed by atoms with Crippen LogP contribution in [0.1, 0.15) is 21.5 Å². The van der Waals surface area contributed by atoms with Crippen molar-refractivity contribution in [2.45, 2.75) is 6.92 Å². The Balaban J connectivity index is 1.62. The van der Waals surface area contributed by atoms with Crippen molar-refractivity contribution in [2.75, 3.05) is 5.73 Å². The molecule has 5 rings (SSSR count). The van der Waals surface area contributed by atoms with E-state index in [2.05, 4.69) is 55.5 Å². The van der Waals surface area contributed by atoms with Gasteiger partial charge in [0.1, 0.15) is 0 Å². The van der Waals surface area contributed by atoms with E-state index < -0.39 is 0 Å². The zero-order valence-corrected chi connectivity index (χ0v) is 19.1. The summed E-state index contributed by atoms with van der Waals surface area (Å²) in [7, 11) is 0. The molecule has 0 unspecified atom stereocenters. The molecule has 1 heterocycles. The average Bonchev–Trinajstić information content (AvgIpc) is 3.22. The SMILES string of the molecule is Cc1ccc(-c2c(-c3ccccc3)sc(N)c2C(=O)c2ccc(-c3ccccc3)cc2)cc1. The molecule has 0 radical (unpaired) electrons. The number of nitrogens with two attached hydrogens (primary N) is 1. The monoisotopic (exact) mass is 445 g/mol. The smallest absolute Gasteiger partial charge is 0.196 e. The summed E-state index contributed by atoms with van der Waals surface area (Å²) >= 11 is 1.47. The Bertz CT molecular complexity index is 1400. The Hall–Kier alpha value is -3.95. The number of carbonyl (C=O) groups is 1. The Kier molecular flexibility index (Phi) is 5.64. The van der Waals surface area contributed by atoms with Gasteiger partial charge in [-0.3, -0.25) is 4.79 Å². The zero-order chi connectivity index (χ0) is 22.8. The maximum absolute atomic E-state index is 13.7. The van der Waals surface area contributed by atoms with Crippen molar-refractivity contribution < 1.29 is 4.79 Å². The molecule has 0 fully saturated rings. The lowest BCUT2D eigenvalue weighted by molar-refractivity contribution is 0.104. The summed E-state index contributed by atoms with van der Waals surface area (Å²) in [6, 6.07) is 36.3. The maximum atomic E-state index is 13.7. The fourth-order valence-corrected chi connectivity index (χ4v) is 5.14. The normalized spacial score (nSPS) is 10.8. The molecule has 5 aromatic rings. The Morgan fingerprint density at radius 3 is 1.76 bits per heavy atom. The van der Waals surface area contributed by atoms with E-state index in [4.69, 9.17) is 5.73 Å². The molecule has 0 aliphatic carbocycles. The van der Waals surface area contributed by atoms with Gasteiger partial charge in [-0.15, -0.1) is 11.3 Å². The molecule has 0 saturated heterocycles. The second kappa shape index (κ2) is 8.89. The largest absolute Gasteiger partial charge is 0.390 e. The van der Waals surface area contributed by atoms with Gasteiger partial charge in [-0.1, -0.05) is 115 Å². The molecule has 0 atom stereocenters. The second-order valence-electron chi connectivity index (χ2n) is 8.05. The number of thiophene rings is 1. The number of carbonyl (C=O) groups excluding carboxylic acids is 1. The van der Waals surface area contributed by atoms with Crippen molar-refractivity contribution in [2.24, 2.45) is 0 Å². The summed E-state index contributed by atoms with van der Waals surface area (Å²) in [6.07, 6.45) is 0. The molecule has 2 N–H and O–H groups in total. The minimum atomic E-state index is -0.0545. The van der Waals surface area contributed by atoms with Crippen LogP contribution in [0, 0.1) is 6.92 Å². The van der Waals surface area contributed by atoms with E-state index in [-0.39, 0.29) is 5.78 Å². The molecule has 3 heteroatoms. The van der Waals surface area contributed by atoms with Gasteiger partial charge in [0.2, 0.25) is 0 Å². The minimum Gasteiger partial charge on any atom is -0.390 e. The Morgan fingerprint density at radius 2 is 1.15 bits per heavy atom. The van der Waals surface area contributed by atoms with Crippen LogP contribution in [0.4, 0.5) is 5.00 Å².